The Morgan fingerprint density at radius 1 is 1.03 bits per heavy atom. The number of hydrogen-bond acceptors (Lipinski definition) is 6. The Bertz CT molecular complexity index is 1280. The van der Waals surface area contributed by atoms with E-state index in [9.17, 15) is 9.00 Å². The minimum Gasteiger partial charge on any atom is -0.370 e. The second-order valence-corrected chi connectivity index (χ2v) is 12.0. The van der Waals surface area contributed by atoms with E-state index in [0.29, 0.717) is 0 Å². The molecule has 1 aromatic carbocycles. The molecule has 2 aromatic heterocycles. The minimum absolute atomic E-state index is 0.115. The highest BCUT2D eigenvalue weighted by Gasteiger charge is 2.45. The van der Waals surface area contributed by atoms with Crippen LogP contribution in [0.2, 0.25) is 0 Å². The lowest BCUT2D eigenvalue weighted by molar-refractivity contribution is -0.126. The number of rotatable bonds is 5. The van der Waals surface area contributed by atoms with Gasteiger partial charge in [0, 0.05) is 65.0 Å². The Morgan fingerprint density at radius 2 is 1.76 bits per heavy atom. The summed E-state index contributed by atoms with van der Waals surface area (Å²) >= 11 is 0. The number of pyridine rings is 1. The molecule has 2 aliphatic carbocycles. The number of nitrogens with one attached hydrogen (secondary N) is 1. The molecule has 3 heterocycles. The van der Waals surface area contributed by atoms with Crippen LogP contribution in [0.25, 0.3) is 16.9 Å². The number of aromatic nitrogens is 3. The zero-order chi connectivity index (χ0) is 26.4. The summed E-state index contributed by atoms with van der Waals surface area (Å²) in [5, 5.41) is 16.1. The van der Waals surface area contributed by atoms with Gasteiger partial charge >= 0.3 is 0 Å². The summed E-state index contributed by atoms with van der Waals surface area (Å²) in [7, 11) is -0.643. The maximum atomic E-state index is 11.8. The maximum Gasteiger partial charge on any atom is 0.224 e. The SMILES string of the molecule is N#CC1(NC(=O)C2CCCCC2)CC1.O=S1CCN(c2ccc(-c3cnn(-c4ccccn4)c3)cc2)CC1. The van der Waals surface area contributed by atoms with Crippen molar-refractivity contribution < 1.29 is 9.00 Å². The third-order valence-electron chi connectivity index (χ3n) is 7.51. The topological polar surface area (TPSA) is 104 Å². The van der Waals surface area contributed by atoms with Crippen LogP contribution < -0.4 is 10.2 Å². The number of benzene rings is 1. The van der Waals surface area contributed by atoms with Gasteiger partial charge in [0.1, 0.15) is 5.54 Å². The molecular formula is C29H34N6O2S. The van der Waals surface area contributed by atoms with E-state index in [4.69, 9.17) is 5.26 Å². The van der Waals surface area contributed by atoms with Crippen LogP contribution in [-0.2, 0) is 15.6 Å². The number of carbonyl (C=O) groups is 1. The van der Waals surface area contributed by atoms with Gasteiger partial charge in [-0.25, -0.2) is 9.67 Å². The number of amides is 1. The molecule has 1 N–H and O–H groups in total. The Morgan fingerprint density at radius 3 is 2.39 bits per heavy atom. The third-order valence-corrected chi connectivity index (χ3v) is 8.79. The molecule has 198 valence electrons. The Kier molecular flexibility index (Phi) is 8.18. The van der Waals surface area contributed by atoms with Gasteiger partial charge in [-0.15, -0.1) is 0 Å². The van der Waals surface area contributed by atoms with Gasteiger partial charge in [0.2, 0.25) is 5.91 Å². The van der Waals surface area contributed by atoms with Crippen molar-refractivity contribution in [1.29, 1.82) is 5.26 Å². The molecule has 3 fully saturated rings. The van der Waals surface area contributed by atoms with Crippen molar-refractivity contribution in [2.45, 2.75) is 50.5 Å². The zero-order valence-electron chi connectivity index (χ0n) is 21.6. The van der Waals surface area contributed by atoms with Crippen LogP contribution in [0.15, 0.2) is 61.1 Å². The molecule has 9 heteroatoms. The molecule has 1 aliphatic heterocycles. The van der Waals surface area contributed by atoms with Crippen LogP contribution in [0.5, 0.6) is 0 Å². The lowest BCUT2D eigenvalue weighted by atomic mass is 9.88. The molecule has 3 aliphatic rings. The monoisotopic (exact) mass is 530 g/mol. The smallest absolute Gasteiger partial charge is 0.224 e. The number of anilines is 1. The first-order chi connectivity index (χ1) is 18.5. The molecule has 1 amide bonds. The summed E-state index contributed by atoms with van der Waals surface area (Å²) in [6.07, 6.45) is 12.9. The zero-order valence-corrected chi connectivity index (χ0v) is 22.4. The first-order valence-corrected chi connectivity index (χ1v) is 14.9. The van der Waals surface area contributed by atoms with E-state index in [2.05, 4.69) is 50.6 Å². The van der Waals surface area contributed by atoms with E-state index in [1.807, 2.05) is 30.6 Å². The summed E-state index contributed by atoms with van der Waals surface area (Å²) in [4.78, 5) is 18.4. The fourth-order valence-corrected chi connectivity index (χ4v) is 5.99. The van der Waals surface area contributed by atoms with Crippen LogP contribution in [0.4, 0.5) is 5.69 Å². The molecule has 38 heavy (non-hydrogen) atoms. The molecule has 2 saturated carbocycles. The summed E-state index contributed by atoms with van der Waals surface area (Å²) in [5.74, 6) is 2.62. The van der Waals surface area contributed by atoms with Crippen molar-refractivity contribution in [3.05, 3.63) is 61.1 Å². The summed E-state index contributed by atoms with van der Waals surface area (Å²) < 4.78 is 13.2. The Hall–Kier alpha value is -3.51. The number of nitriles is 1. The Labute approximate surface area is 226 Å². The molecule has 1 saturated heterocycles. The highest BCUT2D eigenvalue weighted by Crippen LogP contribution is 2.35. The van der Waals surface area contributed by atoms with Crippen LogP contribution in [-0.4, -0.2) is 55.0 Å². The standard InChI is InChI=1S/C18H18N4OS.C11H16N2O/c23-24-11-9-21(10-12-24)17-6-4-15(5-7-17)16-13-20-22(14-16)18-3-1-2-8-19-18;12-8-11(6-7-11)13-10(14)9-4-2-1-3-5-9/h1-8,13-14H,9-12H2;9H,1-7H2,(H,13,14). The van der Waals surface area contributed by atoms with Crippen LogP contribution in [0.1, 0.15) is 44.9 Å². The number of carbonyl (C=O) groups excluding carboxylic acids is 1. The van der Waals surface area contributed by atoms with Gasteiger partial charge < -0.3 is 10.2 Å². The molecule has 8 nitrogen and oxygen atoms in total. The first-order valence-electron chi connectivity index (χ1n) is 13.4. The molecule has 6 rings (SSSR count). The summed E-state index contributed by atoms with van der Waals surface area (Å²) in [6, 6.07) is 16.4. The van der Waals surface area contributed by atoms with Crippen molar-refractivity contribution in [1.82, 2.24) is 20.1 Å². The van der Waals surface area contributed by atoms with Gasteiger partial charge in [0.25, 0.3) is 0 Å². The highest BCUT2D eigenvalue weighted by atomic mass is 32.2. The van der Waals surface area contributed by atoms with Gasteiger partial charge in [-0.2, -0.15) is 10.4 Å². The molecule has 0 radical (unpaired) electrons. The van der Waals surface area contributed by atoms with Crippen molar-refractivity contribution in [2.24, 2.45) is 5.92 Å². The average Bonchev–Trinajstić information content (AvgIpc) is 3.57. The van der Waals surface area contributed by atoms with Gasteiger partial charge in [-0.3, -0.25) is 9.00 Å². The van der Waals surface area contributed by atoms with Crippen molar-refractivity contribution in [2.75, 3.05) is 29.5 Å². The number of hydrogen-bond donors (Lipinski definition) is 1. The number of nitrogens with zero attached hydrogens (tertiary/aromatic N) is 5. The van der Waals surface area contributed by atoms with Gasteiger partial charge in [0.15, 0.2) is 5.82 Å². The molecular weight excluding hydrogens is 496 g/mol. The van der Waals surface area contributed by atoms with Crippen LogP contribution >= 0.6 is 0 Å². The predicted molar refractivity (Wildman–Crippen MR) is 149 cm³/mol. The van der Waals surface area contributed by atoms with Gasteiger partial charge in [0.05, 0.1) is 12.3 Å². The second-order valence-electron chi connectivity index (χ2n) is 10.3. The summed E-state index contributed by atoms with van der Waals surface area (Å²) in [5.41, 5.74) is 2.90. The Balaban J connectivity index is 0.000000179. The molecule has 0 bridgehead atoms. The van der Waals surface area contributed by atoms with Crippen molar-refractivity contribution in [3.8, 4) is 23.0 Å². The van der Waals surface area contributed by atoms with Gasteiger partial charge in [-0.05, 0) is 55.5 Å². The van der Waals surface area contributed by atoms with E-state index in [0.717, 1.165) is 80.1 Å². The molecule has 3 aromatic rings. The third kappa shape index (κ3) is 6.48. The van der Waals surface area contributed by atoms with Gasteiger partial charge in [-0.1, -0.05) is 37.5 Å². The lowest BCUT2D eigenvalue weighted by Crippen LogP contribution is -2.40. The highest BCUT2D eigenvalue weighted by molar-refractivity contribution is 7.85. The normalized spacial score (nSPS) is 19.1. The van der Waals surface area contributed by atoms with E-state index in [1.54, 1.807) is 10.9 Å². The minimum atomic E-state index is -0.643. The first kappa shape index (κ1) is 26.1. The van der Waals surface area contributed by atoms with Crippen LogP contribution in [0.3, 0.4) is 0 Å². The predicted octanol–water partition coefficient (Wildman–Crippen LogP) is 4.24. The van der Waals surface area contributed by atoms with Crippen LogP contribution in [0, 0.1) is 17.2 Å². The largest absolute Gasteiger partial charge is 0.370 e. The lowest BCUT2D eigenvalue weighted by Gasteiger charge is -2.28. The van der Waals surface area contributed by atoms with Crippen molar-refractivity contribution >= 4 is 22.4 Å². The maximum absolute atomic E-state index is 11.8. The molecule has 0 atom stereocenters. The van der Waals surface area contributed by atoms with E-state index in [1.165, 1.54) is 12.1 Å². The molecule has 0 unspecified atom stereocenters. The summed E-state index contributed by atoms with van der Waals surface area (Å²) in [6.45, 7) is 1.73. The van der Waals surface area contributed by atoms with E-state index >= 15 is 0 Å². The fraction of sp³-hybridized carbons (Fsp3) is 0.448. The van der Waals surface area contributed by atoms with E-state index < -0.39 is 16.3 Å². The van der Waals surface area contributed by atoms with Crippen molar-refractivity contribution in [3.63, 3.8) is 0 Å². The average molecular weight is 531 g/mol. The fourth-order valence-electron chi connectivity index (χ4n) is 4.94. The molecule has 0 spiro atoms. The quantitative estimate of drug-likeness (QED) is 0.529. The van der Waals surface area contributed by atoms with E-state index in [-0.39, 0.29) is 11.8 Å². The second kappa shape index (κ2) is 11.9.